The summed E-state index contributed by atoms with van der Waals surface area (Å²) in [6.45, 7) is 5.69. The number of hydrogen-bond acceptors (Lipinski definition) is 3. The number of rotatable bonds is 5. The highest BCUT2D eigenvalue weighted by Crippen LogP contribution is 2.36. The Morgan fingerprint density at radius 2 is 2.12 bits per heavy atom. The highest BCUT2D eigenvalue weighted by Gasteiger charge is 2.26. The molecule has 3 rings (SSSR count). The monoisotopic (exact) mass is 336 g/mol. The Bertz CT molecular complexity index is 940. The fraction of sp³-hybridized carbons (Fsp3) is 0.350. The van der Waals surface area contributed by atoms with Crippen LogP contribution in [0.4, 0.5) is 4.39 Å². The van der Waals surface area contributed by atoms with Crippen molar-refractivity contribution >= 4 is 11.0 Å². The van der Waals surface area contributed by atoms with Gasteiger partial charge in [-0.25, -0.2) is 9.37 Å². The molecule has 0 bridgehead atoms. The summed E-state index contributed by atoms with van der Waals surface area (Å²) in [5.41, 5.74) is 3.30. The maximum atomic E-state index is 14.5. The van der Waals surface area contributed by atoms with Crippen LogP contribution in [0.2, 0.25) is 0 Å². The first-order valence-corrected chi connectivity index (χ1v) is 8.51. The van der Waals surface area contributed by atoms with Gasteiger partial charge in [-0.05, 0) is 60.2 Å². The molecular weight excluding hydrogens is 315 g/mol. The van der Waals surface area contributed by atoms with Crippen molar-refractivity contribution in [3.63, 3.8) is 0 Å². The maximum Gasteiger partial charge on any atom is 0.155 e. The van der Waals surface area contributed by atoms with Crippen molar-refractivity contribution < 1.29 is 4.39 Å². The van der Waals surface area contributed by atoms with Crippen LogP contribution in [-0.4, -0.2) is 15.2 Å². The van der Waals surface area contributed by atoms with E-state index in [-0.39, 0.29) is 0 Å². The number of H-pyrrole nitrogens is 1. The zero-order valence-electron chi connectivity index (χ0n) is 14.7. The predicted octanol–water partition coefficient (Wildman–Crippen LogP) is 5.24. The maximum absolute atomic E-state index is 14.5. The molecule has 0 saturated carbocycles. The molecule has 2 atom stereocenters. The van der Waals surface area contributed by atoms with Crippen molar-refractivity contribution in [1.29, 1.82) is 5.26 Å². The Morgan fingerprint density at radius 3 is 2.80 bits per heavy atom. The van der Waals surface area contributed by atoms with Crippen LogP contribution in [0, 0.1) is 11.3 Å². The molecule has 1 N–H and O–H groups in total. The van der Waals surface area contributed by atoms with Gasteiger partial charge in [0, 0.05) is 11.6 Å². The van der Waals surface area contributed by atoms with E-state index in [9.17, 15) is 9.65 Å². The number of alkyl halides is 1. The number of benzene rings is 1. The summed E-state index contributed by atoms with van der Waals surface area (Å²) in [5.74, 6) is 0. The number of aromatic amines is 1. The third kappa shape index (κ3) is 3.00. The summed E-state index contributed by atoms with van der Waals surface area (Å²) in [7, 11) is 0. The second-order valence-electron chi connectivity index (χ2n) is 6.51. The molecule has 2 heterocycles. The van der Waals surface area contributed by atoms with Gasteiger partial charge < -0.3 is 0 Å². The minimum Gasteiger partial charge on any atom is -0.261 e. The smallest absolute Gasteiger partial charge is 0.155 e. The van der Waals surface area contributed by atoms with Gasteiger partial charge in [-0.3, -0.25) is 5.10 Å². The van der Waals surface area contributed by atoms with Crippen LogP contribution in [-0.2, 0) is 5.41 Å². The Hall–Kier alpha value is -2.74. The van der Waals surface area contributed by atoms with Gasteiger partial charge in [0.1, 0.15) is 6.17 Å². The summed E-state index contributed by atoms with van der Waals surface area (Å²) in [5, 5.41) is 17.4. The van der Waals surface area contributed by atoms with Gasteiger partial charge in [-0.1, -0.05) is 19.9 Å². The zero-order valence-corrected chi connectivity index (χ0v) is 14.7. The van der Waals surface area contributed by atoms with Gasteiger partial charge in [0.05, 0.1) is 17.7 Å². The summed E-state index contributed by atoms with van der Waals surface area (Å²) >= 11 is 0. The number of hydrogen-bond donors (Lipinski definition) is 1. The topological polar surface area (TPSA) is 65.4 Å². The average Bonchev–Trinajstić information content (AvgIpc) is 3.15. The third-order valence-electron chi connectivity index (χ3n) is 4.93. The van der Waals surface area contributed by atoms with Gasteiger partial charge in [-0.2, -0.15) is 10.4 Å². The molecule has 128 valence electrons. The average molecular weight is 336 g/mol. The second kappa shape index (κ2) is 6.64. The van der Waals surface area contributed by atoms with Crippen LogP contribution < -0.4 is 0 Å². The number of aromatic nitrogens is 3. The third-order valence-corrected chi connectivity index (χ3v) is 4.93. The van der Waals surface area contributed by atoms with E-state index < -0.39 is 11.6 Å². The quantitative estimate of drug-likeness (QED) is 0.693. The molecule has 0 aliphatic carbocycles. The summed E-state index contributed by atoms with van der Waals surface area (Å²) in [4.78, 5) is 4.26. The van der Waals surface area contributed by atoms with Gasteiger partial charge in [0.2, 0.25) is 0 Å². The molecule has 4 nitrogen and oxygen atoms in total. The van der Waals surface area contributed by atoms with E-state index in [0.29, 0.717) is 24.1 Å². The first-order chi connectivity index (χ1) is 12.0. The minimum atomic E-state index is -1.06. The number of pyridine rings is 1. The van der Waals surface area contributed by atoms with Gasteiger partial charge in [-0.15, -0.1) is 0 Å². The van der Waals surface area contributed by atoms with Crippen molar-refractivity contribution in [3.8, 4) is 17.2 Å². The molecule has 2 unspecified atom stereocenters. The van der Waals surface area contributed by atoms with Crippen molar-refractivity contribution in [3.05, 3.63) is 47.8 Å². The molecule has 0 aliphatic rings. The number of nitrogens with zero attached hydrogens (tertiary/aromatic N) is 3. The Kier molecular flexibility index (Phi) is 4.54. The number of fused-ring (bicyclic) bond motifs is 1. The van der Waals surface area contributed by atoms with E-state index >= 15 is 0 Å². The van der Waals surface area contributed by atoms with E-state index in [2.05, 4.69) is 21.3 Å². The molecule has 0 radical (unpaired) electrons. The molecule has 2 aromatic heterocycles. The molecule has 25 heavy (non-hydrogen) atoms. The van der Waals surface area contributed by atoms with Crippen LogP contribution in [0.5, 0.6) is 0 Å². The minimum absolute atomic E-state index is 0.399. The van der Waals surface area contributed by atoms with Crippen LogP contribution >= 0.6 is 0 Å². The largest absolute Gasteiger partial charge is 0.261 e. The van der Waals surface area contributed by atoms with Crippen molar-refractivity contribution in [2.24, 2.45) is 0 Å². The van der Waals surface area contributed by atoms with Gasteiger partial charge in [0.15, 0.2) is 5.65 Å². The fourth-order valence-electron chi connectivity index (χ4n) is 2.99. The Balaban J connectivity index is 2.26. The molecule has 0 saturated heterocycles. The Labute approximate surface area is 146 Å². The van der Waals surface area contributed by atoms with Crippen LogP contribution in [0.15, 0.2) is 36.7 Å². The lowest BCUT2D eigenvalue weighted by Gasteiger charge is -2.23. The molecular formula is C20H21FN4. The van der Waals surface area contributed by atoms with Crippen LogP contribution in [0.25, 0.3) is 22.2 Å². The predicted molar refractivity (Wildman–Crippen MR) is 96.7 cm³/mol. The van der Waals surface area contributed by atoms with E-state index in [0.717, 1.165) is 22.1 Å². The van der Waals surface area contributed by atoms with E-state index in [1.54, 1.807) is 12.4 Å². The normalized spacial score (nSPS) is 14.8. The molecule has 0 fully saturated rings. The molecule has 1 aromatic carbocycles. The standard InChI is InChI=1S/C20H21FN4/c1-4-18(21)14-8-13(9-15(10-14)20(3,5-2)12-22)16-6-7-23-19-17(16)11-24-25-19/h6-11,18H,4-5H2,1-3H3,(H,23,24,25). The molecule has 0 amide bonds. The first kappa shape index (κ1) is 17.1. The SMILES string of the molecule is CCC(F)c1cc(-c2ccnc3[nH]ncc23)cc(C(C)(C#N)CC)c1. The van der Waals surface area contributed by atoms with Crippen LogP contribution in [0.3, 0.4) is 0 Å². The highest BCUT2D eigenvalue weighted by molar-refractivity contribution is 5.92. The number of nitrogens with one attached hydrogen (secondary N) is 1. The van der Waals surface area contributed by atoms with Gasteiger partial charge in [0.25, 0.3) is 0 Å². The first-order valence-electron chi connectivity index (χ1n) is 8.51. The summed E-state index contributed by atoms with van der Waals surface area (Å²) in [6.07, 6.45) is 3.43. The van der Waals surface area contributed by atoms with E-state index in [1.165, 1.54) is 0 Å². The lowest BCUT2D eigenvalue weighted by atomic mass is 9.79. The zero-order chi connectivity index (χ0) is 18.0. The molecule has 3 aromatic rings. The Morgan fingerprint density at radius 1 is 1.32 bits per heavy atom. The van der Waals surface area contributed by atoms with E-state index in [4.69, 9.17) is 0 Å². The molecule has 5 heteroatoms. The van der Waals surface area contributed by atoms with Crippen molar-refractivity contribution in [1.82, 2.24) is 15.2 Å². The van der Waals surface area contributed by atoms with Crippen LogP contribution in [0.1, 0.15) is 50.9 Å². The second-order valence-corrected chi connectivity index (χ2v) is 6.51. The molecule has 0 spiro atoms. The van der Waals surface area contributed by atoms with Crippen molar-refractivity contribution in [2.45, 2.75) is 45.2 Å². The fourth-order valence-corrected chi connectivity index (χ4v) is 2.99. The summed E-state index contributed by atoms with van der Waals surface area (Å²) in [6, 6.07) is 9.97. The number of nitriles is 1. The van der Waals surface area contributed by atoms with E-state index in [1.807, 2.05) is 45.0 Å². The lowest BCUT2D eigenvalue weighted by molar-refractivity contribution is 0.334. The summed E-state index contributed by atoms with van der Waals surface area (Å²) < 4.78 is 14.5. The molecule has 0 aliphatic heterocycles. The highest BCUT2D eigenvalue weighted by atomic mass is 19.1. The van der Waals surface area contributed by atoms with Gasteiger partial charge >= 0.3 is 0 Å². The van der Waals surface area contributed by atoms with Crippen molar-refractivity contribution in [2.75, 3.05) is 0 Å². The lowest BCUT2D eigenvalue weighted by Crippen LogP contribution is -2.18. The number of halogens is 1.